The molecule has 14 heavy (non-hydrogen) atoms. The topological polar surface area (TPSA) is 60.2 Å². The van der Waals surface area contributed by atoms with E-state index in [-0.39, 0.29) is 6.61 Å². The van der Waals surface area contributed by atoms with Gasteiger partial charge in [0, 0.05) is 7.11 Å². The first-order valence-corrected chi connectivity index (χ1v) is 4.80. The Bertz CT molecular complexity index is 324. The lowest BCUT2D eigenvalue weighted by atomic mass is 10.3. The van der Waals surface area contributed by atoms with Crippen LogP contribution in [0.4, 0.5) is 0 Å². The normalized spacial score (nSPS) is 25.4. The lowest BCUT2D eigenvalue weighted by Gasteiger charge is -2.04. The molecule has 5 heteroatoms. The zero-order valence-electron chi connectivity index (χ0n) is 8.47. The van der Waals surface area contributed by atoms with E-state index in [1.165, 1.54) is 0 Å². The highest BCUT2D eigenvalue weighted by atomic mass is 16.5. The van der Waals surface area contributed by atoms with Crippen molar-refractivity contribution in [2.24, 2.45) is 5.92 Å². The fourth-order valence-corrected chi connectivity index (χ4v) is 1.66. The molecule has 1 N–H and O–H groups in total. The number of hydrogen-bond acceptors (Lipinski definition) is 4. The summed E-state index contributed by atoms with van der Waals surface area (Å²) in [5.74, 6) is 0.666. The molecule has 1 aliphatic rings. The average molecular weight is 197 g/mol. The third-order valence-electron chi connectivity index (χ3n) is 2.68. The number of hydrogen-bond donors (Lipinski definition) is 1. The van der Waals surface area contributed by atoms with Crippen LogP contribution in [0.15, 0.2) is 0 Å². The highest BCUT2D eigenvalue weighted by Crippen LogP contribution is 2.42. The molecule has 78 valence electrons. The maximum atomic E-state index is 9.06. The van der Waals surface area contributed by atoms with E-state index in [9.17, 15) is 0 Å². The van der Waals surface area contributed by atoms with E-state index in [4.69, 9.17) is 9.84 Å². The van der Waals surface area contributed by atoms with Crippen LogP contribution in [-0.2, 0) is 18.0 Å². The second-order valence-electron chi connectivity index (χ2n) is 3.80. The van der Waals surface area contributed by atoms with Crippen molar-refractivity contribution in [3.63, 3.8) is 0 Å². The van der Waals surface area contributed by atoms with Crippen LogP contribution in [0.5, 0.6) is 0 Å². The van der Waals surface area contributed by atoms with Crippen molar-refractivity contribution in [3.05, 3.63) is 11.4 Å². The summed E-state index contributed by atoms with van der Waals surface area (Å²) >= 11 is 0. The SMILES string of the molecule is COCc1c(CO)nnn1C1CC1C. The molecule has 2 unspecified atom stereocenters. The van der Waals surface area contributed by atoms with Crippen LogP contribution >= 0.6 is 0 Å². The third-order valence-corrected chi connectivity index (χ3v) is 2.68. The van der Waals surface area contributed by atoms with Crippen LogP contribution in [0.1, 0.15) is 30.8 Å². The minimum Gasteiger partial charge on any atom is -0.390 e. The van der Waals surface area contributed by atoms with Gasteiger partial charge in [-0.05, 0) is 12.3 Å². The maximum absolute atomic E-state index is 9.06. The average Bonchev–Trinajstić information content (AvgIpc) is 2.77. The molecular weight excluding hydrogens is 182 g/mol. The van der Waals surface area contributed by atoms with Gasteiger partial charge >= 0.3 is 0 Å². The summed E-state index contributed by atoms with van der Waals surface area (Å²) in [6, 6.07) is 0.452. The summed E-state index contributed by atoms with van der Waals surface area (Å²) in [6.07, 6.45) is 1.14. The van der Waals surface area contributed by atoms with Gasteiger partial charge in [0.15, 0.2) is 0 Å². The summed E-state index contributed by atoms with van der Waals surface area (Å²) in [5.41, 5.74) is 1.54. The van der Waals surface area contributed by atoms with E-state index in [2.05, 4.69) is 17.2 Å². The number of nitrogens with zero attached hydrogens (tertiary/aromatic N) is 3. The molecule has 1 fully saturated rings. The van der Waals surface area contributed by atoms with Gasteiger partial charge < -0.3 is 9.84 Å². The van der Waals surface area contributed by atoms with Crippen LogP contribution in [0, 0.1) is 5.92 Å². The standard InChI is InChI=1S/C9H15N3O2/c1-6-3-8(6)12-9(5-14-2)7(4-13)10-11-12/h6,8,13H,3-5H2,1-2H3. The molecular formula is C9H15N3O2. The Hall–Kier alpha value is -0.940. The van der Waals surface area contributed by atoms with E-state index in [1.54, 1.807) is 7.11 Å². The van der Waals surface area contributed by atoms with Crippen LogP contribution in [-0.4, -0.2) is 27.2 Å². The molecule has 0 aliphatic heterocycles. The molecule has 1 saturated carbocycles. The maximum Gasteiger partial charge on any atom is 0.114 e. The van der Waals surface area contributed by atoms with Crippen LogP contribution < -0.4 is 0 Å². The third kappa shape index (κ3) is 1.53. The van der Waals surface area contributed by atoms with Crippen molar-refractivity contribution >= 4 is 0 Å². The number of aliphatic hydroxyl groups excluding tert-OH is 1. The summed E-state index contributed by atoms with van der Waals surface area (Å²) < 4.78 is 6.96. The molecule has 0 amide bonds. The monoisotopic (exact) mass is 197 g/mol. The van der Waals surface area contributed by atoms with Crippen molar-refractivity contribution in [3.8, 4) is 0 Å². The van der Waals surface area contributed by atoms with Gasteiger partial charge in [0.05, 0.1) is 24.9 Å². The van der Waals surface area contributed by atoms with Crippen LogP contribution in [0.2, 0.25) is 0 Å². The Morgan fingerprint density at radius 1 is 1.64 bits per heavy atom. The van der Waals surface area contributed by atoms with Gasteiger partial charge in [-0.3, -0.25) is 0 Å². The highest BCUT2D eigenvalue weighted by Gasteiger charge is 2.37. The Kier molecular flexibility index (Phi) is 2.52. The molecule has 0 radical (unpaired) electrons. The predicted octanol–water partition coefficient (Wildman–Crippen LogP) is 0.498. The quantitative estimate of drug-likeness (QED) is 0.763. The molecule has 1 aromatic rings. The predicted molar refractivity (Wildman–Crippen MR) is 49.5 cm³/mol. The molecule has 1 aromatic heterocycles. The number of methoxy groups -OCH3 is 1. The minimum absolute atomic E-state index is 0.0696. The van der Waals surface area contributed by atoms with Crippen molar-refractivity contribution in [1.82, 2.24) is 15.0 Å². The molecule has 0 aromatic carbocycles. The summed E-state index contributed by atoms with van der Waals surface area (Å²) in [6.45, 7) is 2.58. The smallest absolute Gasteiger partial charge is 0.114 e. The fourth-order valence-electron chi connectivity index (χ4n) is 1.66. The molecule has 0 spiro atoms. The van der Waals surface area contributed by atoms with E-state index in [0.29, 0.717) is 24.3 Å². The highest BCUT2D eigenvalue weighted by molar-refractivity contribution is 5.11. The number of ether oxygens (including phenoxy) is 1. The largest absolute Gasteiger partial charge is 0.390 e. The first kappa shape index (κ1) is 9.61. The molecule has 5 nitrogen and oxygen atoms in total. The molecule has 0 saturated heterocycles. The Labute approximate surface area is 82.7 Å². The first-order chi connectivity index (χ1) is 6.77. The Morgan fingerprint density at radius 2 is 2.36 bits per heavy atom. The summed E-state index contributed by atoms with van der Waals surface area (Å²) in [7, 11) is 1.63. The van der Waals surface area contributed by atoms with Crippen molar-refractivity contribution in [2.75, 3.05) is 7.11 Å². The number of aromatic nitrogens is 3. The van der Waals surface area contributed by atoms with Gasteiger partial charge in [-0.2, -0.15) is 0 Å². The van der Waals surface area contributed by atoms with Gasteiger partial charge in [-0.15, -0.1) is 5.10 Å². The number of rotatable bonds is 4. The summed E-state index contributed by atoms with van der Waals surface area (Å²) in [4.78, 5) is 0. The van der Waals surface area contributed by atoms with Crippen LogP contribution in [0.25, 0.3) is 0 Å². The molecule has 1 heterocycles. The van der Waals surface area contributed by atoms with Gasteiger partial charge in [0.25, 0.3) is 0 Å². The van der Waals surface area contributed by atoms with Gasteiger partial charge in [-0.1, -0.05) is 12.1 Å². The zero-order chi connectivity index (χ0) is 10.1. The second kappa shape index (κ2) is 3.67. The lowest BCUT2D eigenvalue weighted by Crippen LogP contribution is -2.06. The number of aliphatic hydroxyl groups is 1. The Balaban J connectivity index is 2.25. The fraction of sp³-hybridized carbons (Fsp3) is 0.778. The molecule has 2 rings (SSSR count). The Morgan fingerprint density at radius 3 is 2.86 bits per heavy atom. The van der Waals surface area contributed by atoms with Crippen molar-refractivity contribution in [1.29, 1.82) is 0 Å². The minimum atomic E-state index is -0.0696. The van der Waals surface area contributed by atoms with E-state index in [1.807, 2.05) is 4.68 Å². The van der Waals surface area contributed by atoms with Gasteiger partial charge in [0.1, 0.15) is 5.69 Å². The molecule has 0 bridgehead atoms. The van der Waals surface area contributed by atoms with Gasteiger partial charge in [-0.25, -0.2) is 4.68 Å². The molecule has 1 aliphatic carbocycles. The summed E-state index contributed by atoms with van der Waals surface area (Å²) in [5, 5.41) is 17.0. The van der Waals surface area contributed by atoms with Crippen molar-refractivity contribution < 1.29 is 9.84 Å². The van der Waals surface area contributed by atoms with Crippen LogP contribution in [0.3, 0.4) is 0 Å². The first-order valence-electron chi connectivity index (χ1n) is 4.80. The van der Waals surface area contributed by atoms with Crippen molar-refractivity contribution in [2.45, 2.75) is 32.6 Å². The zero-order valence-corrected chi connectivity index (χ0v) is 8.47. The second-order valence-corrected chi connectivity index (χ2v) is 3.80. The van der Waals surface area contributed by atoms with E-state index >= 15 is 0 Å². The van der Waals surface area contributed by atoms with E-state index < -0.39 is 0 Å². The van der Waals surface area contributed by atoms with E-state index in [0.717, 1.165) is 12.1 Å². The lowest BCUT2D eigenvalue weighted by molar-refractivity contribution is 0.172. The van der Waals surface area contributed by atoms with Gasteiger partial charge in [0.2, 0.25) is 0 Å². The molecule has 2 atom stereocenters.